The second kappa shape index (κ2) is 8.22. The normalized spacial score (nSPS) is 18.8. The zero-order valence-electron chi connectivity index (χ0n) is 13.1. The van der Waals surface area contributed by atoms with E-state index < -0.39 is 0 Å². The van der Waals surface area contributed by atoms with Crippen molar-refractivity contribution in [2.24, 2.45) is 5.73 Å². The van der Waals surface area contributed by atoms with Gasteiger partial charge in [0.05, 0.1) is 17.5 Å². The number of likely N-dealkylation sites (tertiary alicyclic amines) is 1. The summed E-state index contributed by atoms with van der Waals surface area (Å²) in [6, 6.07) is 8.57. The summed E-state index contributed by atoms with van der Waals surface area (Å²) in [7, 11) is 0. The number of aryl methyl sites for hydroxylation is 1. The van der Waals surface area contributed by atoms with Gasteiger partial charge in [-0.1, -0.05) is 42.7 Å². The lowest BCUT2D eigenvalue weighted by molar-refractivity contribution is -0.130. The van der Waals surface area contributed by atoms with Crippen LogP contribution in [0.2, 0.25) is 0 Å². The number of primary amides is 1. The molecule has 1 atom stereocenters. The molecule has 1 aliphatic rings. The molecule has 1 fully saturated rings. The first kappa shape index (κ1) is 16.9. The highest BCUT2D eigenvalue weighted by atomic mass is 32.2. The standard InChI is InChI=1S/C17H24N2O2S/c1-13-6-5-7-14(10-13)15-8-3-2-4-9-19(15)17(21)12-22-11-16(18)20/h5-7,10,15H,2-4,8-9,11-12H2,1H3,(H2,18,20)/t15-/m1/s1. The minimum Gasteiger partial charge on any atom is -0.369 e. The second-order valence-corrected chi connectivity index (χ2v) is 6.81. The summed E-state index contributed by atoms with van der Waals surface area (Å²) in [4.78, 5) is 25.4. The van der Waals surface area contributed by atoms with Gasteiger partial charge in [-0.05, 0) is 25.3 Å². The zero-order chi connectivity index (χ0) is 15.9. The summed E-state index contributed by atoms with van der Waals surface area (Å²) in [6.45, 7) is 2.88. The van der Waals surface area contributed by atoms with E-state index in [4.69, 9.17) is 5.73 Å². The largest absolute Gasteiger partial charge is 0.369 e. The molecule has 0 bridgehead atoms. The van der Waals surface area contributed by atoms with Gasteiger partial charge in [-0.2, -0.15) is 0 Å². The van der Waals surface area contributed by atoms with Crippen LogP contribution in [0.3, 0.4) is 0 Å². The Morgan fingerprint density at radius 2 is 2.09 bits per heavy atom. The number of nitrogens with zero attached hydrogens (tertiary/aromatic N) is 1. The number of hydrogen-bond donors (Lipinski definition) is 1. The quantitative estimate of drug-likeness (QED) is 0.907. The van der Waals surface area contributed by atoms with Gasteiger partial charge in [-0.25, -0.2) is 0 Å². The number of nitrogens with two attached hydrogens (primary N) is 1. The van der Waals surface area contributed by atoms with Crippen molar-refractivity contribution in [2.75, 3.05) is 18.1 Å². The number of carbonyl (C=O) groups excluding carboxylic acids is 2. The average Bonchev–Trinajstić information content (AvgIpc) is 2.72. The van der Waals surface area contributed by atoms with Crippen LogP contribution in [0.1, 0.15) is 42.9 Å². The summed E-state index contributed by atoms with van der Waals surface area (Å²) >= 11 is 1.30. The lowest BCUT2D eigenvalue weighted by atomic mass is 9.99. The fourth-order valence-corrected chi connectivity index (χ4v) is 3.60. The minimum atomic E-state index is -0.371. The van der Waals surface area contributed by atoms with Gasteiger partial charge in [0.15, 0.2) is 0 Å². The highest BCUT2D eigenvalue weighted by Gasteiger charge is 2.26. The predicted molar refractivity (Wildman–Crippen MR) is 90.6 cm³/mol. The van der Waals surface area contributed by atoms with Gasteiger partial charge in [0, 0.05) is 6.54 Å². The van der Waals surface area contributed by atoms with E-state index in [0.29, 0.717) is 5.75 Å². The molecule has 1 saturated heterocycles. The Hall–Kier alpha value is -1.49. The second-order valence-electron chi connectivity index (χ2n) is 5.83. The van der Waals surface area contributed by atoms with Crippen molar-refractivity contribution in [3.63, 3.8) is 0 Å². The van der Waals surface area contributed by atoms with Crippen LogP contribution < -0.4 is 5.73 Å². The van der Waals surface area contributed by atoms with Gasteiger partial charge in [-0.15, -0.1) is 11.8 Å². The molecule has 0 saturated carbocycles. The number of rotatable bonds is 5. The van der Waals surface area contributed by atoms with Crippen molar-refractivity contribution in [3.8, 4) is 0 Å². The number of amides is 2. The molecular weight excluding hydrogens is 296 g/mol. The van der Waals surface area contributed by atoms with E-state index in [0.717, 1.165) is 25.8 Å². The first-order valence-electron chi connectivity index (χ1n) is 7.80. The summed E-state index contributed by atoms with van der Waals surface area (Å²) in [6.07, 6.45) is 4.38. The van der Waals surface area contributed by atoms with Gasteiger partial charge >= 0.3 is 0 Å². The Morgan fingerprint density at radius 1 is 1.27 bits per heavy atom. The zero-order valence-corrected chi connectivity index (χ0v) is 13.9. The predicted octanol–water partition coefficient (Wildman–Crippen LogP) is 2.66. The van der Waals surface area contributed by atoms with Gasteiger partial charge in [0.25, 0.3) is 0 Å². The van der Waals surface area contributed by atoms with Crippen LogP contribution in [0.4, 0.5) is 0 Å². The van der Waals surface area contributed by atoms with Gasteiger partial charge in [-0.3, -0.25) is 9.59 Å². The SMILES string of the molecule is Cc1cccc([C@H]2CCCCCN2C(=O)CSCC(N)=O)c1. The molecule has 5 heteroatoms. The molecule has 1 aliphatic heterocycles. The van der Waals surface area contributed by atoms with Crippen molar-refractivity contribution in [3.05, 3.63) is 35.4 Å². The van der Waals surface area contributed by atoms with Crippen LogP contribution in [0, 0.1) is 6.92 Å². The molecule has 2 amide bonds. The van der Waals surface area contributed by atoms with Crippen molar-refractivity contribution in [1.82, 2.24) is 4.90 Å². The first-order chi connectivity index (χ1) is 10.6. The molecule has 1 heterocycles. The molecule has 2 N–H and O–H groups in total. The molecule has 0 spiro atoms. The van der Waals surface area contributed by atoms with Crippen LogP contribution in [0.25, 0.3) is 0 Å². The van der Waals surface area contributed by atoms with Crippen molar-refractivity contribution >= 4 is 23.6 Å². The topological polar surface area (TPSA) is 63.4 Å². The smallest absolute Gasteiger partial charge is 0.233 e. The molecule has 120 valence electrons. The number of benzene rings is 1. The Morgan fingerprint density at radius 3 is 2.82 bits per heavy atom. The molecular formula is C17H24N2O2S. The third-order valence-corrected chi connectivity index (χ3v) is 4.91. The van der Waals surface area contributed by atoms with E-state index in [1.165, 1.54) is 29.3 Å². The minimum absolute atomic E-state index is 0.111. The molecule has 0 radical (unpaired) electrons. The number of carbonyl (C=O) groups is 2. The van der Waals surface area contributed by atoms with Gasteiger partial charge in [0.1, 0.15) is 0 Å². The molecule has 2 rings (SSSR count). The summed E-state index contributed by atoms with van der Waals surface area (Å²) < 4.78 is 0. The molecule has 0 aliphatic carbocycles. The van der Waals surface area contributed by atoms with Crippen molar-refractivity contribution < 1.29 is 9.59 Å². The molecule has 0 aromatic heterocycles. The lowest BCUT2D eigenvalue weighted by Gasteiger charge is -2.30. The van der Waals surface area contributed by atoms with E-state index in [2.05, 4.69) is 31.2 Å². The lowest BCUT2D eigenvalue weighted by Crippen LogP contribution is -2.36. The fraction of sp³-hybridized carbons (Fsp3) is 0.529. The van der Waals surface area contributed by atoms with Crippen molar-refractivity contribution in [1.29, 1.82) is 0 Å². The van der Waals surface area contributed by atoms with Crippen LogP contribution in [0.5, 0.6) is 0 Å². The average molecular weight is 320 g/mol. The fourth-order valence-electron chi connectivity index (χ4n) is 2.95. The Labute approximate surface area is 136 Å². The number of thioether (sulfide) groups is 1. The molecule has 22 heavy (non-hydrogen) atoms. The monoisotopic (exact) mass is 320 g/mol. The van der Waals surface area contributed by atoms with E-state index in [1.54, 1.807) is 0 Å². The maximum Gasteiger partial charge on any atom is 0.233 e. The molecule has 4 nitrogen and oxygen atoms in total. The Bertz CT molecular complexity index is 533. The third-order valence-electron chi connectivity index (χ3n) is 3.97. The maximum atomic E-state index is 12.6. The third kappa shape index (κ3) is 4.77. The summed E-state index contributed by atoms with van der Waals surface area (Å²) in [5, 5.41) is 0. The van der Waals surface area contributed by atoms with Crippen molar-refractivity contribution in [2.45, 2.75) is 38.6 Å². The van der Waals surface area contributed by atoms with Gasteiger partial charge < -0.3 is 10.6 Å². The molecule has 1 aromatic carbocycles. The van der Waals surface area contributed by atoms with E-state index in [1.807, 2.05) is 4.90 Å². The molecule has 0 unspecified atom stereocenters. The molecule has 1 aromatic rings. The summed E-state index contributed by atoms with van der Waals surface area (Å²) in [5.74, 6) is 0.267. The van der Waals surface area contributed by atoms with Crippen LogP contribution in [-0.2, 0) is 9.59 Å². The maximum absolute atomic E-state index is 12.6. The first-order valence-corrected chi connectivity index (χ1v) is 8.95. The highest BCUT2D eigenvalue weighted by Crippen LogP contribution is 2.31. The summed E-state index contributed by atoms with van der Waals surface area (Å²) in [5.41, 5.74) is 7.57. The Kier molecular flexibility index (Phi) is 6.31. The van der Waals surface area contributed by atoms with E-state index >= 15 is 0 Å². The van der Waals surface area contributed by atoms with Crippen LogP contribution in [-0.4, -0.2) is 34.8 Å². The van der Waals surface area contributed by atoms with E-state index in [9.17, 15) is 9.59 Å². The van der Waals surface area contributed by atoms with Gasteiger partial charge in [0.2, 0.25) is 11.8 Å². The van der Waals surface area contributed by atoms with Crippen LogP contribution in [0.15, 0.2) is 24.3 Å². The Balaban J connectivity index is 2.10. The van der Waals surface area contributed by atoms with Crippen LogP contribution >= 0.6 is 11.8 Å². The number of hydrogen-bond acceptors (Lipinski definition) is 3. The highest BCUT2D eigenvalue weighted by molar-refractivity contribution is 8.00. The van der Waals surface area contributed by atoms with E-state index in [-0.39, 0.29) is 23.6 Å².